The maximum absolute atomic E-state index is 13.6. The lowest BCUT2D eigenvalue weighted by Gasteiger charge is -2.35. The Kier molecular flexibility index (Phi) is 7.50. The summed E-state index contributed by atoms with van der Waals surface area (Å²) in [5.41, 5.74) is -2.02. The van der Waals surface area contributed by atoms with Gasteiger partial charge in [0.15, 0.2) is 0 Å². The number of aliphatic hydroxyl groups is 1. The van der Waals surface area contributed by atoms with Crippen molar-refractivity contribution in [2.75, 3.05) is 6.54 Å². The second-order valence-electron chi connectivity index (χ2n) is 11.4. The highest BCUT2D eigenvalue weighted by atomic mass is 16.6. The SMILES string of the molecule is CC[C@@H]1C[C@]1(NC(=O)[C@@H]1C[C@@H](O)CN1C(=O)[C@@H](NC(=O)O[C@@H]1CC[C@H](C)C1)C(C)(C)C)C(=O)O. The number of alkyl carbamates (subject to hydrolysis) is 1. The number of carboxylic acid groups (broad SMARTS) is 1. The summed E-state index contributed by atoms with van der Waals surface area (Å²) >= 11 is 0. The van der Waals surface area contributed by atoms with Gasteiger partial charge in [-0.3, -0.25) is 9.59 Å². The number of carboxylic acids is 1. The highest BCUT2D eigenvalue weighted by Gasteiger charge is 2.61. The van der Waals surface area contributed by atoms with Crippen molar-refractivity contribution in [1.29, 1.82) is 0 Å². The molecule has 3 amide bonds. The average molecular weight is 482 g/mol. The predicted molar refractivity (Wildman–Crippen MR) is 123 cm³/mol. The van der Waals surface area contributed by atoms with Crippen LogP contribution < -0.4 is 10.6 Å². The van der Waals surface area contributed by atoms with Crippen LogP contribution in [0.5, 0.6) is 0 Å². The van der Waals surface area contributed by atoms with Gasteiger partial charge in [0.2, 0.25) is 11.8 Å². The zero-order chi connectivity index (χ0) is 25.4. The second-order valence-corrected chi connectivity index (χ2v) is 11.4. The molecule has 0 aromatic carbocycles. The normalized spacial score (nSPS) is 33.8. The highest BCUT2D eigenvalue weighted by molar-refractivity contribution is 5.96. The lowest BCUT2D eigenvalue weighted by atomic mass is 9.85. The van der Waals surface area contributed by atoms with Gasteiger partial charge in [0.05, 0.1) is 6.10 Å². The van der Waals surface area contributed by atoms with E-state index in [2.05, 4.69) is 17.6 Å². The number of nitrogens with zero attached hydrogens (tertiary/aromatic N) is 1. The number of carbonyl (C=O) groups excluding carboxylic acids is 3. The van der Waals surface area contributed by atoms with E-state index < -0.39 is 53.0 Å². The number of amides is 3. The molecule has 0 spiro atoms. The smallest absolute Gasteiger partial charge is 0.408 e. The standard InChI is InChI=1S/C24H39N3O7/c1-6-14-11-24(14,21(31)32)26-19(29)17-10-15(28)12-27(17)20(30)18(23(3,4)5)25-22(33)34-16-8-7-13(2)9-16/h13-18,28H,6-12H2,1-5H3,(H,25,33)(H,26,29)(H,31,32)/t13-,14+,15+,16+,17-,18+,24+/m0/s1. The molecule has 4 N–H and O–H groups in total. The predicted octanol–water partition coefficient (Wildman–Crippen LogP) is 1.65. The van der Waals surface area contributed by atoms with Crippen LogP contribution in [0.3, 0.4) is 0 Å². The molecule has 7 atom stereocenters. The van der Waals surface area contributed by atoms with E-state index in [1.165, 1.54) is 4.90 Å². The van der Waals surface area contributed by atoms with Gasteiger partial charge in [-0.15, -0.1) is 0 Å². The molecule has 3 fully saturated rings. The summed E-state index contributed by atoms with van der Waals surface area (Å²) in [6.07, 6.45) is 1.72. The lowest BCUT2D eigenvalue weighted by Crippen LogP contribution is -2.59. The zero-order valence-corrected chi connectivity index (χ0v) is 20.8. The third kappa shape index (κ3) is 5.47. The van der Waals surface area contributed by atoms with Crippen LogP contribution in [0.1, 0.15) is 73.1 Å². The van der Waals surface area contributed by atoms with E-state index in [1.807, 2.05) is 6.92 Å². The van der Waals surface area contributed by atoms with Crippen molar-refractivity contribution >= 4 is 23.9 Å². The first-order chi connectivity index (χ1) is 15.8. The maximum atomic E-state index is 13.6. The number of hydrogen-bond acceptors (Lipinski definition) is 6. The van der Waals surface area contributed by atoms with Gasteiger partial charge in [0, 0.05) is 13.0 Å². The second kappa shape index (κ2) is 9.71. The number of likely N-dealkylation sites (tertiary alicyclic amines) is 1. The van der Waals surface area contributed by atoms with Crippen molar-refractivity contribution < 1.29 is 34.1 Å². The fourth-order valence-corrected chi connectivity index (χ4v) is 5.28. The average Bonchev–Trinajstić information content (AvgIpc) is 3.07. The molecule has 192 valence electrons. The highest BCUT2D eigenvalue weighted by Crippen LogP contribution is 2.46. The van der Waals surface area contributed by atoms with Gasteiger partial charge in [-0.2, -0.15) is 0 Å². The van der Waals surface area contributed by atoms with Crippen molar-refractivity contribution in [1.82, 2.24) is 15.5 Å². The summed E-state index contributed by atoms with van der Waals surface area (Å²) in [5, 5.41) is 25.2. The maximum Gasteiger partial charge on any atom is 0.408 e. The van der Waals surface area contributed by atoms with Gasteiger partial charge in [-0.25, -0.2) is 9.59 Å². The lowest BCUT2D eigenvalue weighted by molar-refractivity contribution is -0.146. The Bertz CT molecular complexity index is 826. The number of hydrogen-bond donors (Lipinski definition) is 4. The van der Waals surface area contributed by atoms with Gasteiger partial charge in [0.1, 0.15) is 23.7 Å². The van der Waals surface area contributed by atoms with Crippen molar-refractivity contribution in [3.05, 3.63) is 0 Å². The van der Waals surface area contributed by atoms with E-state index in [4.69, 9.17) is 4.74 Å². The first-order valence-electron chi connectivity index (χ1n) is 12.3. The molecule has 10 nitrogen and oxygen atoms in total. The Hall–Kier alpha value is -2.36. The van der Waals surface area contributed by atoms with Crippen molar-refractivity contribution in [3.63, 3.8) is 0 Å². The summed E-state index contributed by atoms with van der Waals surface area (Å²) in [6, 6.07) is -2.01. The summed E-state index contributed by atoms with van der Waals surface area (Å²) in [7, 11) is 0. The summed E-state index contributed by atoms with van der Waals surface area (Å²) < 4.78 is 5.53. The third-order valence-corrected chi connectivity index (χ3v) is 7.49. The van der Waals surface area contributed by atoms with Crippen LogP contribution in [0.2, 0.25) is 0 Å². The largest absolute Gasteiger partial charge is 0.479 e. The number of β-amino-alcohol motifs (C(OH)–C–C–N with tert-alkyl or cyclic N) is 1. The molecule has 3 rings (SSSR count). The number of aliphatic carboxylic acids is 1. The van der Waals surface area contributed by atoms with Crippen molar-refractivity contribution in [3.8, 4) is 0 Å². The summed E-state index contributed by atoms with van der Waals surface area (Å²) in [4.78, 5) is 52.3. The molecule has 2 aliphatic carbocycles. The van der Waals surface area contributed by atoms with E-state index in [9.17, 15) is 29.4 Å². The number of rotatable bonds is 7. The molecule has 1 heterocycles. The van der Waals surface area contributed by atoms with E-state index in [0.29, 0.717) is 18.8 Å². The minimum Gasteiger partial charge on any atom is -0.479 e. The van der Waals surface area contributed by atoms with Crippen LogP contribution in [-0.4, -0.2) is 75.4 Å². The molecule has 10 heteroatoms. The van der Waals surface area contributed by atoms with E-state index in [1.54, 1.807) is 20.8 Å². The van der Waals surface area contributed by atoms with Crippen LogP contribution in [0.15, 0.2) is 0 Å². The van der Waals surface area contributed by atoms with Crippen LogP contribution >= 0.6 is 0 Å². The number of nitrogens with one attached hydrogen (secondary N) is 2. The molecule has 0 bridgehead atoms. The van der Waals surface area contributed by atoms with Gasteiger partial charge < -0.3 is 30.5 Å². The van der Waals surface area contributed by atoms with E-state index in [-0.39, 0.29) is 25.0 Å². The summed E-state index contributed by atoms with van der Waals surface area (Å²) in [5.74, 6) is -1.88. The van der Waals surface area contributed by atoms with Gasteiger partial charge in [0.25, 0.3) is 0 Å². The monoisotopic (exact) mass is 481 g/mol. The topological polar surface area (TPSA) is 145 Å². The molecule has 1 aliphatic heterocycles. The van der Waals surface area contributed by atoms with Crippen molar-refractivity contribution in [2.45, 2.75) is 103 Å². The molecular weight excluding hydrogens is 442 g/mol. The zero-order valence-electron chi connectivity index (χ0n) is 20.8. The number of ether oxygens (including phenoxy) is 1. The molecule has 0 aromatic rings. The van der Waals surface area contributed by atoms with Crippen LogP contribution in [0, 0.1) is 17.3 Å². The quantitative estimate of drug-likeness (QED) is 0.432. The van der Waals surface area contributed by atoms with Crippen LogP contribution in [0.4, 0.5) is 4.79 Å². The Morgan fingerprint density at radius 3 is 2.35 bits per heavy atom. The Morgan fingerprint density at radius 2 is 1.85 bits per heavy atom. The first-order valence-corrected chi connectivity index (χ1v) is 12.3. The number of carbonyl (C=O) groups is 4. The fraction of sp³-hybridized carbons (Fsp3) is 0.833. The first kappa shape index (κ1) is 26.2. The molecule has 0 aromatic heterocycles. The molecule has 34 heavy (non-hydrogen) atoms. The molecule has 0 unspecified atom stereocenters. The van der Waals surface area contributed by atoms with Crippen LogP contribution in [0.25, 0.3) is 0 Å². The molecular formula is C24H39N3O7. The Labute approximate surface area is 200 Å². The molecule has 3 aliphatic rings. The molecule has 1 saturated heterocycles. The van der Waals surface area contributed by atoms with E-state index >= 15 is 0 Å². The Morgan fingerprint density at radius 1 is 1.18 bits per heavy atom. The fourth-order valence-electron chi connectivity index (χ4n) is 5.28. The van der Waals surface area contributed by atoms with Gasteiger partial charge >= 0.3 is 12.1 Å². The number of aliphatic hydroxyl groups excluding tert-OH is 1. The van der Waals surface area contributed by atoms with Crippen molar-refractivity contribution in [2.24, 2.45) is 17.3 Å². The summed E-state index contributed by atoms with van der Waals surface area (Å²) in [6.45, 7) is 9.28. The van der Waals surface area contributed by atoms with E-state index in [0.717, 1.165) is 19.3 Å². The van der Waals surface area contributed by atoms with Crippen LogP contribution in [-0.2, 0) is 19.1 Å². The minimum absolute atomic E-state index is 0.00529. The van der Waals surface area contributed by atoms with Gasteiger partial charge in [-0.05, 0) is 42.9 Å². The third-order valence-electron chi connectivity index (χ3n) is 7.49. The molecule has 2 saturated carbocycles. The Balaban J connectivity index is 1.72. The van der Waals surface area contributed by atoms with Gasteiger partial charge in [-0.1, -0.05) is 41.0 Å². The molecule has 0 radical (unpaired) electrons. The minimum atomic E-state index is -1.32.